The molecule has 5 rings (SSSR count). The molecule has 0 unspecified atom stereocenters. The van der Waals surface area contributed by atoms with Gasteiger partial charge >= 0.3 is 0 Å². The van der Waals surface area contributed by atoms with Crippen LogP contribution in [0.2, 0.25) is 5.02 Å². The van der Waals surface area contributed by atoms with Crippen LogP contribution >= 0.6 is 11.6 Å². The van der Waals surface area contributed by atoms with Gasteiger partial charge in [-0.25, -0.2) is 8.78 Å². The van der Waals surface area contributed by atoms with E-state index in [2.05, 4.69) is 0 Å². The first-order valence-corrected chi connectivity index (χ1v) is 15.8. The van der Waals surface area contributed by atoms with E-state index in [4.69, 9.17) is 15.8 Å². The Morgan fingerprint density at radius 2 is 1.85 bits per heavy atom. The Morgan fingerprint density at radius 1 is 1.20 bits per heavy atom. The third kappa shape index (κ3) is 4.87. The van der Waals surface area contributed by atoms with Crippen LogP contribution < -0.4 is 5.06 Å². The number of rotatable bonds is 7. The summed E-state index contributed by atoms with van der Waals surface area (Å²) >= 11 is 5.97. The number of alkyl halides is 2. The van der Waals surface area contributed by atoms with Crippen LogP contribution in [0.5, 0.6) is 0 Å². The number of fused-ring (bicyclic) bond motifs is 5. The summed E-state index contributed by atoms with van der Waals surface area (Å²) in [5.74, 6) is -4.17. The summed E-state index contributed by atoms with van der Waals surface area (Å²) in [6.45, 7) is 2.42. The van der Waals surface area contributed by atoms with Gasteiger partial charge in [-0.1, -0.05) is 24.6 Å². The van der Waals surface area contributed by atoms with Crippen molar-refractivity contribution in [2.24, 2.45) is 34.5 Å². The number of carbonyl (C=O) groups excluding carboxylic acids is 2. The quantitative estimate of drug-likeness (QED) is 0.346. The van der Waals surface area contributed by atoms with Gasteiger partial charge in [0.2, 0.25) is 0 Å². The lowest BCUT2D eigenvalue weighted by Gasteiger charge is -2.62. The van der Waals surface area contributed by atoms with Gasteiger partial charge in [-0.05, 0) is 85.4 Å². The lowest BCUT2D eigenvalue weighted by molar-refractivity contribution is -0.202. The predicted octanol–water partition coefficient (Wildman–Crippen LogP) is 4.24. The van der Waals surface area contributed by atoms with Crippen molar-refractivity contribution in [2.75, 3.05) is 24.5 Å². The molecule has 9 atom stereocenters. The summed E-state index contributed by atoms with van der Waals surface area (Å²) in [4.78, 5) is 25.7. The highest BCUT2D eigenvalue weighted by Gasteiger charge is 2.73. The third-order valence-electron chi connectivity index (χ3n) is 10.1. The van der Waals surface area contributed by atoms with Gasteiger partial charge in [0.1, 0.15) is 12.8 Å². The maximum Gasteiger partial charge on any atom is 0.264 e. The number of aliphatic hydroxyl groups excluding tert-OH is 1. The monoisotopic (exact) mass is 613 g/mol. The van der Waals surface area contributed by atoms with Crippen LogP contribution in [-0.2, 0) is 23.9 Å². The van der Waals surface area contributed by atoms with Gasteiger partial charge in [0.05, 0.1) is 18.0 Å². The summed E-state index contributed by atoms with van der Waals surface area (Å²) in [6, 6.07) is 6.35. The molecule has 41 heavy (non-hydrogen) atoms. The zero-order valence-electron chi connectivity index (χ0n) is 23.0. The van der Waals surface area contributed by atoms with Crippen LogP contribution in [0, 0.1) is 34.5 Å². The molecule has 0 aromatic heterocycles. The molecule has 224 valence electrons. The second kappa shape index (κ2) is 10.2. The molecular weight excluding hydrogens is 580 g/mol. The summed E-state index contributed by atoms with van der Waals surface area (Å²) in [7, 11) is -3.95. The molecule has 3 fully saturated rings. The number of carbonyl (C=O) groups is 2. The summed E-state index contributed by atoms with van der Waals surface area (Å²) < 4.78 is 61.4. The van der Waals surface area contributed by atoms with E-state index in [1.807, 2.05) is 0 Å². The molecule has 0 saturated heterocycles. The number of allylic oxidation sites excluding steroid dienone is 4. The van der Waals surface area contributed by atoms with Crippen molar-refractivity contribution in [3.05, 3.63) is 53.1 Å². The standard InChI is InChI=1S/C29H34ClF2NO7S/c1-27-13-25(36)29(32)21(12-23(31)22-11-19(34)8-9-28(22,29)2)20(27)10-16(26(27)24(35)15-40-41(3,38)39)14-33(37)18-6-4-17(30)5-7-18/h4-9,11,16,20-21,23,25-26,36-37H,10,12-15H2,1-3H3/t16-,20-,21-,23-,25-,26+,27-,28-,29-/m0/s1. The molecule has 0 aliphatic heterocycles. The SMILES string of the molecule is C[C@]12C[C@H](O)[C@@]3(F)[C@@H](C[C@H](F)C4=CC(=O)C=C[C@@]43C)[C@@H]1C[C@@H](CN(O)c1ccc(Cl)cc1)[C@@H]2C(=O)COS(C)(=O)=O. The Balaban J connectivity index is 1.55. The van der Waals surface area contributed by atoms with Crippen LogP contribution in [0.15, 0.2) is 48.1 Å². The molecule has 1 aromatic rings. The van der Waals surface area contributed by atoms with Gasteiger partial charge < -0.3 is 5.11 Å². The van der Waals surface area contributed by atoms with Crippen molar-refractivity contribution in [1.82, 2.24) is 0 Å². The third-order valence-corrected chi connectivity index (χ3v) is 10.9. The van der Waals surface area contributed by atoms with Gasteiger partial charge in [-0.3, -0.25) is 24.0 Å². The van der Waals surface area contributed by atoms with Crippen molar-refractivity contribution in [3.8, 4) is 0 Å². The van der Waals surface area contributed by atoms with Crippen LogP contribution in [-0.4, -0.2) is 67.6 Å². The summed E-state index contributed by atoms with van der Waals surface area (Å²) in [5, 5.41) is 23.9. The van der Waals surface area contributed by atoms with E-state index in [1.54, 1.807) is 31.2 Å². The number of halogens is 3. The first-order chi connectivity index (χ1) is 19.0. The predicted molar refractivity (Wildman–Crippen MR) is 147 cm³/mol. The van der Waals surface area contributed by atoms with Crippen LogP contribution in [0.25, 0.3) is 0 Å². The lowest BCUT2D eigenvalue weighted by Crippen LogP contribution is -2.68. The number of benzene rings is 1. The average molecular weight is 614 g/mol. The molecule has 12 heteroatoms. The number of hydroxylamine groups is 1. The summed E-state index contributed by atoms with van der Waals surface area (Å²) in [5.41, 5.74) is -4.57. The summed E-state index contributed by atoms with van der Waals surface area (Å²) in [6.07, 6.45) is 1.000. The molecule has 4 aliphatic rings. The van der Waals surface area contributed by atoms with Crippen molar-refractivity contribution in [3.63, 3.8) is 0 Å². The smallest absolute Gasteiger partial charge is 0.264 e. The minimum atomic E-state index is -3.95. The van der Waals surface area contributed by atoms with E-state index >= 15 is 8.78 Å². The van der Waals surface area contributed by atoms with E-state index in [0.717, 1.165) is 17.4 Å². The molecule has 1 aromatic carbocycles. The van der Waals surface area contributed by atoms with E-state index in [1.165, 1.54) is 19.1 Å². The number of Topliss-reactive ketones (excluding diaryl/α,β-unsaturated/α-hetero) is 1. The number of aliphatic hydroxyl groups is 1. The maximum atomic E-state index is 17.5. The van der Waals surface area contributed by atoms with E-state index < -0.39 is 80.7 Å². The van der Waals surface area contributed by atoms with Gasteiger partial charge in [0, 0.05) is 28.8 Å². The van der Waals surface area contributed by atoms with Gasteiger partial charge in [0.25, 0.3) is 10.1 Å². The minimum absolute atomic E-state index is 0.000555. The topological polar surface area (TPSA) is 121 Å². The van der Waals surface area contributed by atoms with Crippen molar-refractivity contribution in [1.29, 1.82) is 0 Å². The molecule has 0 amide bonds. The van der Waals surface area contributed by atoms with Crippen molar-refractivity contribution in [2.45, 2.75) is 51.1 Å². The fraction of sp³-hybridized carbons (Fsp3) is 0.586. The molecule has 0 heterocycles. The van der Waals surface area contributed by atoms with Gasteiger partial charge in [0.15, 0.2) is 17.2 Å². The highest BCUT2D eigenvalue weighted by Crippen LogP contribution is 2.70. The van der Waals surface area contributed by atoms with E-state index in [9.17, 15) is 28.3 Å². The van der Waals surface area contributed by atoms with Crippen LogP contribution in [0.3, 0.4) is 0 Å². The molecule has 4 aliphatic carbocycles. The second-order valence-corrected chi connectivity index (χ2v) is 14.5. The highest BCUT2D eigenvalue weighted by molar-refractivity contribution is 7.86. The Kier molecular flexibility index (Phi) is 7.55. The number of hydrogen-bond donors (Lipinski definition) is 2. The molecular formula is C29H34ClF2NO7S. The van der Waals surface area contributed by atoms with Gasteiger partial charge in [-0.15, -0.1) is 0 Å². The minimum Gasteiger partial charge on any atom is -0.390 e. The Labute approximate surface area is 243 Å². The molecule has 0 bridgehead atoms. The fourth-order valence-corrected chi connectivity index (χ4v) is 8.85. The number of nitrogens with zero attached hydrogens (tertiary/aromatic N) is 1. The van der Waals surface area contributed by atoms with Gasteiger partial charge in [-0.2, -0.15) is 8.42 Å². The molecule has 0 radical (unpaired) electrons. The first-order valence-electron chi connectivity index (χ1n) is 13.6. The van der Waals surface area contributed by atoms with Crippen molar-refractivity contribution < 1.29 is 41.3 Å². The first kappa shape index (κ1) is 30.3. The zero-order chi connectivity index (χ0) is 30.1. The molecule has 3 saturated carbocycles. The molecule has 8 nitrogen and oxygen atoms in total. The van der Waals surface area contributed by atoms with E-state index in [-0.39, 0.29) is 31.4 Å². The maximum absolute atomic E-state index is 17.5. The molecule has 2 N–H and O–H groups in total. The highest BCUT2D eigenvalue weighted by atomic mass is 35.5. The van der Waals surface area contributed by atoms with Crippen molar-refractivity contribution >= 4 is 39.0 Å². The Hall–Kier alpha value is -2.18. The average Bonchev–Trinajstić information content (AvgIpc) is 3.16. The zero-order valence-corrected chi connectivity index (χ0v) is 24.5. The number of hydrogen-bond acceptors (Lipinski definition) is 8. The van der Waals surface area contributed by atoms with Crippen LogP contribution in [0.1, 0.15) is 33.1 Å². The lowest BCUT2D eigenvalue weighted by atomic mass is 9.45. The fourth-order valence-electron chi connectivity index (χ4n) is 8.39. The Morgan fingerprint density at radius 3 is 2.49 bits per heavy atom. The second-order valence-electron chi connectivity index (χ2n) is 12.4. The van der Waals surface area contributed by atoms with Crippen LogP contribution in [0.4, 0.5) is 14.5 Å². The van der Waals surface area contributed by atoms with E-state index in [0.29, 0.717) is 10.7 Å². The Bertz CT molecular complexity index is 1420. The normalized spacial score (nSPS) is 39.9. The largest absolute Gasteiger partial charge is 0.390 e. The number of anilines is 1. The number of ketones is 2. The molecule has 0 spiro atoms.